The Hall–Kier alpha value is -2.30. The van der Waals surface area contributed by atoms with Gasteiger partial charge in [-0.1, -0.05) is 18.2 Å². The van der Waals surface area contributed by atoms with Gasteiger partial charge in [0.15, 0.2) is 0 Å². The molecule has 3 rings (SSSR count). The highest BCUT2D eigenvalue weighted by Gasteiger charge is 2.27. The summed E-state index contributed by atoms with van der Waals surface area (Å²) in [5.74, 6) is 1.10. The lowest BCUT2D eigenvalue weighted by atomic mass is 10.0. The van der Waals surface area contributed by atoms with Crippen molar-refractivity contribution in [1.29, 1.82) is 0 Å². The molecule has 1 aliphatic rings. The average Bonchev–Trinajstić information content (AvgIpc) is 3.03. The summed E-state index contributed by atoms with van der Waals surface area (Å²) in [6.07, 6.45) is 4.05. The van der Waals surface area contributed by atoms with Crippen molar-refractivity contribution >= 4 is 5.91 Å². The number of rotatable bonds is 5. The van der Waals surface area contributed by atoms with Gasteiger partial charge in [0.2, 0.25) is 5.91 Å². The van der Waals surface area contributed by atoms with Crippen molar-refractivity contribution in [1.82, 2.24) is 14.7 Å². The lowest BCUT2D eigenvalue weighted by Crippen LogP contribution is -2.37. The van der Waals surface area contributed by atoms with E-state index in [0.717, 1.165) is 30.7 Å². The number of hydrogen-bond acceptors (Lipinski definition) is 3. The number of amides is 1. The van der Waals surface area contributed by atoms with E-state index >= 15 is 0 Å². The third-order valence-electron chi connectivity index (χ3n) is 4.81. The second kappa shape index (κ2) is 7.52. The quantitative estimate of drug-likeness (QED) is 0.769. The zero-order valence-corrected chi connectivity index (χ0v) is 16.3. The van der Waals surface area contributed by atoms with Gasteiger partial charge in [0.05, 0.1) is 18.3 Å². The molecule has 26 heavy (non-hydrogen) atoms. The number of benzene rings is 1. The molecular weight excluding hydrogens is 326 g/mol. The number of hydrogen-bond donors (Lipinski definition) is 0. The van der Waals surface area contributed by atoms with Gasteiger partial charge in [-0.2, -0.15) is 5.10 Å². The van der Waals surface area contributed by atoms with Crippen LogP contribution in [0.15, 0.2) is 30.5 Å². The molecule has 2 aromatic rings. The van der Waals surface area contributed by atoms with E-state index in [9.17, 15) is 4.79 Å². The van der Waals surface area contributed by atoms with Gasteiger partial charge >= 0.3 is 0 Å². The Morgan fingerprint density at radius 2 is 2.04 bits per heavy atom. The van der Waals surface area contributed by atoms with E-state index in [1.807, 2.05) is 42.3 Å². The van der Waals surface area contributed by atoms with E-state index in [4.69, 9.17) is 4.74 Å². The number of carbonyl (C=O) groups excluding carboxylic acids is 1. The zero-order chi connectivity index (χ0) is 18.7. The number of carbonyl (C=O) groups is 1. The fourth-order valence-electron chi connectivity index (χ4n) is 3.40. The lowest BCUT2D eigenvalue weighted by Gasteiger charge is -2.30. The molecule has 0 spiro atoms. The van der Waals surface area contributed by atoms with Gasteiger partial charge in [0.1, 0.15) is 5.75 Å². The van der Waals surface area contributed by atoms with Gasteiger partial charge in [-0.25, -0.2) is 0 Å². The highest BCUT2D eigenvalue weighted by Crippen LogP contribution is 2.25. The highest BCUT2D eigenvalue weighted by molar-refractivity contribution is 5.76. The summed E-state index contributed by atoms with van der Waals surface area (Å²) in [4.78, 5) is 14.5. The van der Waals surface area contributed by atoms with Gasteiger partial charge in [0, 0.05) is 37.2 Å². The summed E-state index contributed by atoms with van der Waals surface area (Å²) in [6.45, 7) is 10.5. The van der Waals surface area contributed by atoms with Crippen molar-refractivity contribution in [2.24, 2.45) is 0 Å². The van der Waals surface area contributed by atoms with Crippen LogP contribution in [0, 0.1) is 6.92 Å². The Labute approximate surface area is 156 Å². The van der Waals surface area contributed by atoms with Crippen molar-refractivity contribution in [3.05, 3.63) is 47.3 Å². The molecule has 0 unspecified atom stereocenters. The van der Waals surface area contributed by atoms with Gasteiger partial charge in [-0.3, -0.25) is 9.48 Å². The van der Waals surface area contributed by atoms with Gasteiger partial charge in [-0.15, -0.1) is 0 Å². The Morgan fingerprint density at radius 1 is 1.27 bits per heavy atom. The minimum Gasteiger partial charge on any atom is -0.493 e. The average molecular weight is 355 g/mol. The standard InChI is InChI=1S/C21H29N3O2/c1-16-8-5-6-9-19(16)26-13-7-10-20(25)23-12-11-18-17(15-23)14-22-24(18)21(2,3)4/h5-6,8-9,14H,7,10-13,15H2,1-4H3. The summed E-state index contributed by atoms with van der Waals surface area (Å²) in [6, 6.07) is 7.97. The molecule has 0 saturated heterocycles. The Bertz CT molecular complexity index is 774. The Morgan fingerprint density at radius 3 is 2.77 bits per heavy atom. The predicted molar refractivity (Wildman–Crippen MR) is 102 cm³/mol. The van der Waals surface area contributed by atoms with E-state index in [2.05, 4.69) is 30.6 Å². The molecule has 140 valence electrons. The number of nitrogens with zero attached hydrogens (tertiary/aromatic N) is 3. The second-order valence-electron chi connectivity index (χ2n) is 7.98. The molecule has 1 aromatic heterocycles. The van der Waals surface area contributed by atoms with Crippen LogP contribution in [0.25, 0.3) is 0 Å². The first kappa shape index (κ1) is 18.5. The first-order valence-electron chi connectivity index (χ1n) is 9.39. The van der Waals surface area contributed by atoms with E-state index in [1.54, 1.807) is 0 Å². The SMILES string of the molecule is Cc1ccccc1OCCCC(=O)N1CCc2c(cnn2C(C)(C)C)C1. The van der Waals surface area contributed by atoms with Crippen molar-refractivity contribution in [3.8, 4) is 5.75 Å². The summed E-state index contributed by atoms with van der Waals surface area (Å²) >= 11 is 0. The van der Waals surface area contributed by atoms with Crippen LogP contribution in [0.4, 0.5) is 0 Å². The first-order chi connectivity index (χ1) is 12.4. The number of aryl methyl sites for hydroxylation is 1. The summed E-state index contributed by atoms with van der Waals surface area (Å²) in [5.41, 5.74) is 3.55. The van der Waals surface area contributed by atoms with Crippen LogP contribution >= 0.6 is 0 Å². The monoisotopic (exact) mass is 355 g/mol. The maximum absolute atomic E-state index is 12.5. The van der Waals surface area contributed by atoms with Gasteiger partial charge < -0.3 is 9.64 Å². The number of ether oxygens (including phenoxy) is 1. The number of fused-ring (bicyclic) bond motifs is 1. The van der Waals surface area contributed by atoms with Gasteiger partial charge in [0.25, 0.3) is 0 Å². The largest absolute Gasteiger partial charge is 0.493 e. The molecule has 1 aliphatic heterocycles. The summed E-state index contributed by atoms with van der Waals surface area (Å²) in [5, 5.41) is 4.54. The molecule has 5 heteroatoms. The third kappa shape index (κ3) is 4.09. The summed E-state index contributed by atoms with van der Waals surface area (Å²) in [7, 11) is 0. The lowest BCUT2D eigenvalue weighted by molar-refractivity contribution is -0.132. The van der Waals surface area contributed by atoms with Crippen LogP contribution in [0.3, 0.4) is 0 Å². The minimum atomic E-state index is -0.0212. The second-order valence-corrected chi connectivity index (χ2v) is 7.98. The van der Waals surface area contributed by atoms with E-state index < -0.39 is 0 Å². The van der Waals surface area contributed by atoms with E-state index in [1.165, 1.54) is 11.3 Å². The molecule has 0 fully saturated rings. The molecule has 0 radical (unpaired) electrons. The zero-order valence-electron chi connectivity index (χ0n) is 16.3. The molecule has 0 N–H and O–H groups in total. The van der Waals surface area contributed by atoms with Crippen LogP contribution in [0.2, 0.25) is 0 Å². The van der Waals surface area contributed by atoms with Crippen LogP contribution in [0.5, 0.6) is 5.75 Å². The molecule has 1 aromatic carbocycles. The Balaban J connectivity index is 1.49. The fraction of sp³-hybridized carbons (Fsp3) is 0.524. The highest BCUT2D eigenvalue weighted by atomic mass is 16.5. The van der Waals surface area contributed by atoms with Crippen molar-refractivity contribution in [2.45, 2.75) is 59.0 Å². The molecule has 1 amide bonds. The number of para-hydroxylation sites is 1. The van der Waals surface area contributed by atoms with Crippen molar-refractivity contribution < 1.29 is 9.53 Å². The fourth-order valence-corrected chi connectivity index (χ4v) is 3.40. The number of aromatic nitrogens is 2. The van der Waals surface area contributed by atoms with Crippen molar-refractivity contribution in [3.63, 3.8) is 0 Å². The normalized spacial score (nSPS) is 14.2. The van der Waals surface area contributed by atoms with Crippen LogP contribution < -0.4 is 4.74 Å². The predicted octanol–water partition coefficient (Wildman–Crippen LogP) is 3.69. The molecule has 0 saturated carbocycles. The third-order valence-corrected chi connectivity index (χ3v) is 4.81. The maximum atomic E-state index is 12.5. The first-order valence-corrected chi connectivity index (χ1v) is 9.39. The molecule has 0 bridgehead atoms. The molecule has 0 atom stereocenters. The smallest absolute Gasteiger partial charge is 0.223 e. The molecule has 5 nitrogen and oxygen atoms in total. The van der Waals surface area contributed by atoms with E-state index in [0.29, 0.717) is 19.6 Å². The van der Waals surface area contributed by atoms with Crippen LogP contribution in [0.1, 0.15) is 50.4 Å². The molecule has 2 heterocycles. The molecule has 0 aliphatic carbocycles. The van der Waals surface area contributed by atoms with Crippen LogP contribution in [-0.4, -0.2) is 33.7 Å². The topological polar surface area (TPSA) is 47.4 Å². The van der Waals surface area contributed by atoms with Crippen LogP contribution in [-0.2, 0) is 23.3 Å². The van der Waals surface area contributed by atoms with Gasteiger partial charge in [-0.05, 0) is 45.7 Å². The maximum Gasteiger partial charge on any atom is 0.223 e. The summed E-state index contributed by atoms with van der Waals surface area (Å²) < 4.78 is 7.88. The Kier molecular flexibility index (Phi) is 5.35. The minimum absolute atomic E-state index is 0.0212. The van der Waals surface area contributed by atoms with Crippen molar-refractivity contribution in [2.75, 3.05) is 13.2 Å². The molecular formula is C21H29N3O2. The van der Waals surface area contributed by atoms with E-state index in [-0.39, 0.29) is 11.4 Å².